The van der Waals surface area contributed by atoms with Crippen LogP contribution in [0.2, 0.25) is 0 Å². The van der Waals surface area contributed by atoms with Crippen molar-refractivity contribution in [1.82, 2.24) is 5.32 Å². The predicted octanol–water partition coefficient (Wildman–Crippen LogP) is 0.925. The molecular weight excluding hydrogens is 218 g/mol. The number of halogens is 1. The molecule has 0 aromatic rings. The second-order valence-electron chi connectivity index (χ2n) is 3.97. The summed E-state index contributed by atoms with van der Waals surface area (Å²) in [5.41, 5.74) is -0.362. The molecule has 5 heteroatoms. The minimum absolute atomic E-state index is 0.139. The van der Waals surface area contributed by atoms with Gasteiger partial charge >= 0.3 is 0 Å². The van der Waals surface area contributed by atoms with E-state index in [1.807, 2.05) is 13.8 Å². The largest absolute Gasteiger partial charge is 0.376 e. The van der Waals surface area contributed by atoms with Gasteiger partial charge in [0.05, 0.1) is 25.4 Å². The van der Waals surface area contributed by atoms with E-state index in [0.717, 1.165) is 6.42 Å². The summed E-state index contributed by atoms with van der Waals surface area (Å²) < 4.78 is 10.5. The molecule has 0 spiro atoms. The lowest BCUT2D eigenvalue weighted by atomic mass is 10.0. The first-order valence-corrected chi connectivity index (χ1v) is 5.72. The third kappa shape index (κ3) is 3.63. The van der Waals surface area contributed by atoms with Crippen molar-refractivity contribution in [3.05, 3.63) is 0 Å². The molecule has 0 aliphatic carbocycles. The molecule has 1 aliphatic heterocycles. The third-order valence-corrected chi connectivity index (χ3v) is 3.20. The topological polar surface area (TPSA) is 47.6 Å². The van der Waals surface area contributed by atoms with Crippen LogP contribution in [-0.2, 0) is 14.3 Å². The number of ether oxygens (including phenoxy) is 2. The second-order valence-corrected chi connectivity index (χ2v) is 4.24. The normalized spacial score (nSPS) is 25.7. The molecular formula is C10H18ClNO3. The van der Waals surface area contributed by atoms with Gasteiger partial charge in [-0.05, 0) is 13.3 Å². The molecule has 1 fully saturated rings. The smallest absolute Gasteiger partial charge is 0.252 e. The summed E-state index contributed by atoms with van der Waals surface area (Å²) in [6.45, 7) is 5.27. The number of carbonyl (C=O) groups is 1. The first-order valence-electron chi connectivity index (χ1n) is 5.18. The summed E-state index contributed by atoms with van der Waals surface area (Å²) in [6, 6.07) is 0. The highest BCUT2D eigenvalue weighted by Gasteiger charge is 2.29. The zero-order chi connectivity index (χ0) is 11.3. The average molecular weight is 236 g/mol. The molecule has 4 nitrogen and oxygen atoms in total. The third-order valence-electron chi connectivity index (χ3n) is 2.61. The van der Waals surface area contributed by atoms with Gasteiger partial charge in [0.1, 0.15) is 0 Å². The van der Waals surface area contributed by atoms with Crippen molar-refractivity contribution in [2.75, 3.05) is 25.7 Å². The Labute approximate surface area is 95.3 Å². The monoisotopic (exact) mass is 235 g/mol. The van der Waals surface area contributed by atoms with Gasteiger partial charge in [0.25, 0.3) is 5.91 Å². The van der Waals surface area contributed by atoms with Crippen LogP contribution < -0.4 is 5.32 Å². The van der Waals surface area contributed by atoms with E-state index >= 15 is 0 Å². The quantitative estimate of drug-likeness (QED) is 0.738. The molecule has 0 saturated carbocycles. The summed E-state index contributed by atoms with van der Waals surface area (Å²) >= 11 is 5.81. The van der Waals surface area contributed by atoms with Crippen LogP contribution in [-0.4, -0.2) is 43.3 Å². The van der Waals surface area contributed by atoms with Crippen molar-refractivity contribution in [2.45, 2.75) is 31.9 Å². The summed E-state index contributed by atoms with van der Waals surface area (Å²) in [4.78, 5) is 11.8. The first-order chi connectivity index (χ1) is 7.11. The first kappa shape index (κ1) is 12.7. The molecule has 0 bridgehead atoms. The van der Waals surface area contributed by atoms with Gasteiger partial charge in [-0.3, -0.25) is 4.79 Å². The van der Waals surface area contributed by atoms with Crippen LogP contribution in [0.3, 0.4) is 0 Å². The van der Waals surface area contributed by atoms with E-state index in [4.69, 9.17) is 21.1 Å². The Morgan fingerprint density at radius 1 is 1.60 bits per heavy atom. The Bertz CT molecular complexity index is 213. The lowest BCUT2D eigenvalue weighted by Gasteiger charge is -2.30. The molecule has 0 aromatic heterocycles. The van der Waals surface area contributed by atoms with Gasteiger partial charge in [0.2, 0.25) is 0 Å². The Morgan fingerprint density at radius 2 is 2.33 bits per heavy atom. The zero-order valence-electron chi connectivity index (χ0n) is 9.22. The summed E-state index contributed by atoms with van der Waals surface area (Å²) in [5, 5.41) is 2.89. The van der Waals surface area contributed by atoms with Crippen molar-refractivity contribution in [3.8, 4) is 0 Å². The second kappa shape index (κ2) is 5.68. The number of rotatable bonds is 4. The van der Waals surface area contributed by atoms with E-state index in [0.29, 0.717) is 25.7 Å². The van der Waals surface area contributed by atoms with Gasteiger partial charge in [-0.2, -0.15) is 0 Å². The van der Waals surface area contributed by atoms with E-state index in [1.54, 1.807) is 0 Å². The highest BCUT2D eigenvalue weighted by Crippen LogP contribution is 2.12. The maximum atomic E-state index is 11.8. The van der Waals surface area contributed by atoms with Crippen LogP contribution in [0, 0.1) is 0 Å². The van der Waals surface area contributed by atoms with E-state index < -0.39 is 6.10 Å². The average Bonchev–Trinajstić information content (AvgIpc) is 2.30. The van der Waals surface area contributed by atoms with Crippen LogP contribution in [0.25, 0.3) is 0 Å². The summed E-state index contributed by atoms with van der Waals surface area (Å²) in [7, 11) is 0. The van der Waals surface area contributed by atoms with E-state index in [2.05, 4.69) is 5.32 Å². The van der Waals surface area contributed by atoms with Gasteiger partial charge in [0, 0.05) is 5.88 Å². The predicted molar refractivity (Wildman–Crippen MR) is 58.1 cm³/mol. The van der Waals surface area contributed by atoms with Gasteiger partial charge in [-0.15, -0.1) is 11.6 Å². The van der Waals surface area contributed by atoms with Crippen molar-refractivity contribution in [3.63, 3.8) is 0 Å². The minimum Gasteiger partial charge on any atom is -0.376 e. The van der Waals surface area contributed by atoms with Gasteiger partial charge < -0.3 is 14.8 Å². The Morgan fingerprint density at radius 3 is 2.80 bits per heavy atom. The molecule has 2 unspecified atom stereocenters. The Hall–Kier alpha value is -0.320. The number of hydrogen-bond donors (Lipinski definition) is 1. The van der Waals surface area contributed by atoms with Crippen molar-refractivity contribution in [1.29, 1.82) is 0 Å². The molecule has 15 heavy (non-hydrogen) atoms. The fourth-order valence-corrected chi connectivity index (χ4v) is 1.49. The molecule has 2 atom stereocenters. The lowest BCUT2D eigenvalue weighted by Crippen LogP contribution is -2.53. The molecule has 1 aliphatic rings. The summed E-state index contributed by atoms with van der Waals surface area (Å²) in [5.74, 6) is 0.253. The fourth-order valence-electron chi connectivity index (χ4n) is 1.23. The van der Waals surface area contributed by atoms with Crippen LogP contribution >= 0.6 is 11.6 Å². The number of nitrogens with one attached hydrogen (secondary N) is 1. The van der Waals surface area contributed by atoms with Crippen LogP contribution in [0.1, 0.15) is 20.3 Å². The van der Waals surface area contributed by atoms with Crippen molar-refractivity contribution in [2.24, 2.45) is 0 Å². The van der Waals surface area contributed by atoms with E-state index in [1.165, 1.54) is 0 Å². The number of carbonyl (C=O) groups excluding carboxylic acids is 1. The SMILES string of the molecule is CCC(C)(CCl)NC(=O)C1COCCO1. The van der Waals surface area contributed by atoms with E-state index in [-0.39, 0.29) is 11.4 Å². The number of amides is 1. The standard InChI is InChI=1S/C10H18ClNO3/c1-3-10(2,7-11)12-9(13)8-6-14-4-5-15-8/h8H,3-7H2,1-2H3,(H,12,13). The molecule has 88 valence electrons. The highest BCUT2D eigenvalue weighted by atomic mass is 35.5. The van der Waals surface area contributed by atoms with Crippen molar-refractivity contribution < 1.29 is 14.3 Å². The number of alkyl halides is 1. The molecule has 1 heterocycles. The fraction of sp³-hybridized carbons (Fsp3) is 0.900. The highest BCUT2D eigenvalue weighted by molar-refractivity contribution is 6.18. The lowest BCUT2D eigenvalue weighted by molar-refractivity contribution is -0.149. The molecule has 1 N–H and O–H groups in total. The van der Waals surface area contributed by atoms with E-state index in [9.17, 15) is 4.79 Å². The molecule has 1 rings (SSSR count). The van der Waals surface area contributed by atoms with Crippen LogP contribution in [0.5, 0.6) is 0 Å². The number of hydrogen-bond acceptors (Lipinski definition) is 3. The minimum atomic E-state index is -0.493. The Balaban J connectivity index is 2.46. The van der Waals surface area contributed by atoms with Crippen LogP contribution in [0.15, 0.2) is 0 Å². The Kier molecular flexibility index (Phi) is 4.83. The summed E-state index contributed by atoms with van der Waals surface area (Å²) in [6.07, 6.45) is 0.295. The van der Waals surface area contributed by atoms with Crippen molar-refractivity contribution >= 4 is 17.5 Å². The molecule has 1 saturated heterocycles. The maximum absolute atomic E-state index is 11.8. The zero-order valence-corrected chi connectivity index (χ0v) is 9.97. The maximum Gasteiger partial charge on any atom is 0.252 e. The molecule has 0 aromatic carbocycles. The molecule has 0 radical (unpaired) electrons. The van der Waals surface area contributed by atoms with Gasteiger partial charge in [0.15, 0.2) is 6.10 Å². The van der Waals surface area contributed by atoms with Crippen LogP contribution in [0.4, 0.5) is 0 Å². The van der Waals surface area contributed by atoms with Gasteiger partial charge in [-0.25, -0.2) is 0 Å². The van der Waals surface area contributed by atoms with Gasteiger partial charge in [-0.1, -0.05) is 6.92 Å². The molecule has 1 amide bonds.